The van der Waals surface area contributed by atoms with Crippen molar-refractivity contribution < 1.29 is 14.3 Å². The molecule has 0 radical (unpaired) electrons. The Morgan fingerprint density at radius 2 is 1.74 bits per heavy atom. The fraction of sp³-hybridized carbons (Fsp3) is 0.179. The van der Waals surface area contributed by atoms with Gasteiger partial charge in [-0.25, -0.2) is 4.90 Å². The first-order chi connectivity index (χ1) is 16.4. The number of anilines is 2. The van der Waals surface area contributed by atoms with Crippen LogP contribution in [0.15, 0.2) is 72.4 Å². The number of hydrogen-bond donors (Lipinski definition) is 1. The monoisotopic (exact) mass is 451 g/mol. The van der Waals surface area contributed by atoms with Gasteiger partial charge < -0.3 is 10.1 Å². The lowest BCUT2D eigenvalue weighted by Gasteiger charge is -2.15. The van der Waals surface area contributed by atoms with Gasteiger partial charge in [0.2, 0.25) is 0 Å². The highest BCUT2D eigenvalue weighted by Crippen LogP contribution is 2.35. The topological polar surface area (TPSA) is 82.4 Å². The number of aryl methyl sites for hydroxylation is 2. The second-order valence-corrected chi connectivity index (χ2v) is 8.17. The van der Waals surface area contributed by atoms with Gasteiger partial charge in [0.05, 0.1) is 29.5 Å². The summed E-state index contributed by atoms with van der Waals surface area (Å²) >= 11 is 0. The number of nitriles is 1. The van der Waals surface area contributed by atoms with Crippen molar-refractivity contribution in [1.82, 2.24) is 0 Å². The Balaban J connectivity index is 1.79. The average molecular weight is 452 g/mol. The van der Waals surface area contributed by atoms with Crippen LogP contribution in [0, 0.1) is 25.2 Å². The molecule has 6 nitrogen and oxygen atoms in total. The van der Waals surface area contributed by atoms with Crippen LogP contribution in [-0.4, -0.2) is 18.4 Å². The number of amides is 2. The fourth-order valence-electron chi connectivity index (χ4n) is 3.94. The molecule has 3 aromatic rings. The second-order valence-electron chi connectivity index (χ2n) is 8.17. The molecule has 4 rings (SSSR count). The lowest BCUT2D eigenvalue weighted by molar-refractivity contribution is -0.120. The van der Waals surface area contributed by atoms with Gasteiger partial charge in [0, 0.05) is 11.8 Å². The van der Waals surface area contributed by atoms with Crippen LogP contribution in [0.2, 0.25) is 0 Å². The van der Waals surface area contributed by atoms with Crippen LogP contribution < -0.4 is 15.0 Å². The summed E-state index contributed by atoms with van der Waals surface area (Å²) in [5.41, 5.74) is 4.69. The summed E-state index contributed by atoms with van der Waals surface area (Å²) in [5.74, 6) is -0.187. The summed E-state index contributed by atoms with van der Waals surface area (Å²) in [6.45, 7) is 6.53. The summed E-state index contributed by atoms with van der Waals surface area (Å²) in [5, 5.41) is 12.3. The molecule has 0 bridgehead atoms. The number of nitrogens with zero attached hydrogens (tertiary/aromatic N) is 2. The number of carbonyl (C=O) groups is 2. The minimum atomic E-state index is -0.454. The van der Waals surface area contributed by atoms with E-state index in [0.29, 0.717) is 40.4 Å². The molecule has 0 saturated heterocycles. The SMILES string of the molecule is CCCOc1cccc(NC2=C(c3ccc(C)cc3C)C(=O)N(c3ccc(C#N)cc3)C2=O)c1. The highest BCUT2D eigenvalue weighted by molar-refractivity contribution is 6.46. The van der Waals surface area contributed by atoms with E-state index in [1.807, 2.05) is 63.2 Å². The molecule has 0 aliphatic carbocycles. The molecular weight excluding hydrogens is 426 g/mol. The van der Waals surface area contributed by atoms with E-state index < -0.39 is 11.8 Å². The molecule has 0 unspecified atom stereocenters. The van der Waals surface area contributed by atoms with Gasteiger partial charge in [-0.05, 0) is 67.8 Å². The van der Waals surface area contributed by atoms with Crippen molar-refractivity contribution in [3.8, 4) is 11.8 Å². The van der Waals surface area contributed by atoms with Gasteiger partial charge >= 0.3 is 0 Å². The molecule has 3 aromatic carbocycles. The van der Waals surface area contributed by atoms with Crippen molar-refractivity contribution in [2.45, 2.75) is 27.2 Å². The van der Waals surface area contributed by atoms with Crippen LogP contribution in [-0.2, 0) is 9.59 Å². The van der Waals surface area contributed by atoms with E-state index in [2.05, 4.69) is 11.4 Å². The third-order valence-electron chi connectivity index (χ3n) is 5.57. The van der Waals surface area contributed by atoms with Crippen molar-refractivity contribution in [2.75, 3.05) is 16.8 Å². The lowest BCUT2D eigenvalue weighted by atomic mass is 9.97. The molecule has 6 heteroatoms. The maximum Gasteiger partial charge on any atom is 0.282 e. The second kappa shape index (κ2) is 9.63. The van der Waals surface area contributed by atoms with Crippen LogP contribution in [0.5, 0.6) is 5.75 Å². The number of rotatable bonds is 7. The highest BCUT2D eigenvalue weighted by atomic mass is 16.5. The summed E-state index contributed by atoms with van der Waals surface area (Å²) < 4.78 is 5.72. The largest absolute Gasteiger partial charge is 0.494 e. The molecule has 1 aliphatic rings. The number of nitrogens with one attached hydrogen (secondary N) is 1. The van der Waals surface area contributed by atoms with E-state index >= 15 is 0 Å². The predicted molar refractivity (Wildman–Crippen MR) is 132 cm³/mol. The first-order valence-corrected chi connectivity index (χ1v) is 11.1. The first kappa shape index (κ1) is 22.8. The normalized spacial score (nSPS) is 13.3. The van der Waals surface area contributed by atoms with Gasteiger partial charge in [0.1, 0.15) is 11.4 Å². The Labute approximate surface area is 199 Å². The Morgan fingerprint density at radius 3 is 2.41 bits per heavy atom. The molecule has 1 aliphatic heterocycles. The molecule has 0 atom stereocenters. The number of ether oxygens (including phenoxy) is 1. The number of carbonyl (C=O) groups excluding carboxylic acids is 2. The van der Waals surface area contributed by atoms with Gasteiger partial charge in [-0.2, -0.15) is 5.26 Å². The Bertz CT molecular complexity index is 1330. The van der Waals surface area contributed by atoms with Gasteiger partial charge in [-0.1, -0.05) is 36.8 Å². The van der Waals surface area contributed by atoms with Gasteiger partial charge in [0.15, 0.2) is 0 Å². The molecule has 0 fully saturated rings. The molecule has 170 valence electrons. The zero-order valence-corrected chi connectivity index (χ0v) is 19.4. The molecule has 0 saturated carbocycles. The summed E-state index contributed by atoms with van der Waals surface area (Å²) in [7, 11) is 0. The van der Waals surface area contributed by atoms with E-state index in [1.54, 1.807) is 24.3 Å². The van der Waals surface area contributed by atoms with E-state index in [1.165, 1.54) is 0 Å². The fourth-order valence-corrected chi connectivity index (χ4v) is 3.94. The van der Waals surface area contributed by atoms with Crippen LogP contribution in [0.3, 0.4) is 0 Å². The van der Waals surface area contributed by atoms with Crippen molar-refractivity contribution in [1.29, 1.82) is 5.26 Å². The first-order valence-electron chi connectivity index (χ1n) is 11.1. The lowest BCUT2D eigenvalue weighted by Crippen LogP contribution is -2.32. The zero-order valence-electron chi connectivity index (χ0n) is 19.4. The van der Waals surface area contributed by atoms with Crippen molar-refractivity contribution >= 4 is 28.8 Å². The van der Waals surface area contributed by atoms with E-state index in [4.69, 9.17) is 10.00 Å². The minimum absolute atomic E-state index is 0.203. The molecule has 0 aromatic heterocycles. The van der Waals surface area contributed by atoms with E-state index in [0.717, 1.165) is 22.4 Å². The van der Waals surface area contributed by atoms with Crippen molar-refractivity contribution in [3.63, 3.8) is 0 Å². The molecular formula is C28H25N3O3. The molecule has 1 heterocycles. The summed E-state index contributed by atoms with van der Waals surface area (Å²) in [4.78, 5) is 28.4. The Kier molecular flexibility index (Phi) is 6.46. The maximum atomic E-state index is 13.6. The summed E-state index contributed by atoms with van der Waals surface area (Å²) in [6, 6.07) is 21.6. The van der Waals surface area contributed by atoms with Gasteiger partial charge in [0.25, 0.3) is 11.8 Å². The van der Waals surface area contributed by atoms with Crippen molar-refractivity contribution in [2.24, 2.45) is 0 Å². The number of imide groups is 1. The van der Waals surface area contributed by atoms with E-state index in [-0.39, 0.29) is 5.70 Å². The molecule has 34 heavy (non-hydrogen) atoms. The van der Waals surface area contributed by atoms with Crippen LogP contribution in [0.25, 0.3) is 5.57 Å². The van der Waals surface area contributed by atoms with E-state index in [9.17, 15) is 9.59 Å². The minimum Gasteiger partial charge on any atom is -0.494 e. The quantitative estimate of drug-likeness (QED) is 0.489. The Morgan fingerprint density at radius 1 is 0.971 bits per heavy atom. The van der Waals surface area contributed by atoms with Crippen LogP contribution in [0.1, 0.15) is 35.6 Å². The van der Waals surface area contributed by atoms with Gasteiger partial charge in [-0.3, -0.25) is 9.59 Å². The van der Waals surface area contributed by atoms with Gasteiger partial charge in [-0.15, -0.1) is 0 Å². The van der Waals surface area contributed by atoms with Crippen molar-refractivity contribution in [3.05, 3.63) is 94.7 Å². The van der Waals surface area contributed by atoms with Crippen LogP contribution >= 0.6 is 0 Å². The molecule has 2 amide bonds. The molecule has 0 spiro atoms. The Hall–Kier alpha value is -4.37. The smallest absolute Gasteiger partial charge is 0.282 e. The predicted octanol–water partition coefficient (Wildman–Crippen LogP) is 5.36. The molecule has 1 N–H and O–H groups in total. The average Bonchev–Trinajstić information content (AvgIpc) is 3.07. The third-order valence-corrected chi connectivity index (χ3v) is 5.57. The number of benzene rings is 3. The summed E-state index contributed by atoms with van der Waals surface area (Å²) in [6.07, 6.45) is 0.881. The standard InChI is InChI=1S/C28H25N3O3/c1-4-14-34-23-7-5-6-21(16-23)30-26-25(24-13-8-18(2)15-19(24)3)27(32)31(28(26)33)22-11-9-20(17-29)10-12-22/h5-13,15-16,30H,4,14H2,1-3H3. The number of hydrogen-bond acceptors (Lipinski definition) is 5. The maximum absolute atomic E-state index is 13.6. The highest BCUT2D eigenvalue weighted by Gasteiger charge is 2.40. The third kappa shape index (κ3) is 4.41. The van der Waals surface area contributed by atoms with Crippen LogP contribution in [0.4, 0.5) is 11.4 Å². The zero-order chi connectivity index (χ0) is 24.2.